The smallest absolute Gasteiger partial charge is 0.258 e. The fourth-order valence-electron chi connectivity index (χ4n) is 3.96. The summed E-state index contributed by atoms with van der Waals surface area (Å²) in [4.78, 5) is 22.3. The average Bonchev–Trinajstić information content (AvgIpc) is 3.47. The molecular formula is C22H23N7O2. The van der Waals surface area contributed by atoms with Gasteiger partial charge in [-0.15, -0.1) is 5.10 Å². The third kappa shape index (κ3) is 4.37. The summed E-state index contributed by atoms with van der Waals surface area (Å²) in [5.41, 5.74) is 1.45. The maximum atomic E-state index is 12.5. The summed E-state index contributed by atoms with van der Waals surface area (Å²) in [7, 11) is 0. The molecule has 31 heavy (non-hydrogen) atoms. The highest BCUT2D eigenvalue weighted by Gasteiger charge is 2.22. The first-order chi connectivity index (χ1) is 15.3. The summed E-state index contributed by atoms with van der Waals surface area (Å²) in [6.45, 7) is 2.45. The van der Waals surface area contributed by atoms with Gasteiger partial charge in [-0.3, -0.25) is 9.69 Å². The second kappa shape index (κ2) is 8.75. The summed E-state index contributed by atoms with van der Waals surface area (Å²) >= 11 is 0. The predicted molar refractivity (Wildman–Crippen MR) is 115 cm³/mol. The van der Waals surface area contributed by atoms with Crippen molar-refractivity contribution >= 4 is 10.9 Å². The molecular weight excluding hydrogens is 394 g/mol. The number of ether oxygens (including phenoxy) is 1. The molecule has 158 valence electrons. The van der Waals surface area contributed by atoms with Crippen LogP contribution in [0.1, 0.15) is 24.5 Å². The minimum absolute atomic E-state index is 0.133. The number of nitrogens with zero attached hydrogens (tertiary/aromatic N) is 6. The van der Waals surface area contributed by atoms with E-state index >= 15 is 0 Å². The lowest BCUT2D eigenvalue weighted by molar-refractivity contribution is 0.0658. The molecule has 9 heteroatoms. The Bertz CT molecular complexity index is 1220. The van der Waals surface area contributed by atoms with Gasteiger partial charge in [-0.2, -0.15) is 4.68 Å². The third-order valence-electron chi connectivity index (χ3n) is 5.42. The molecule has 4 aromatic rings. The first-order valence-corrected chi connectivity index (χ1v) is 10.4. The first-order valence-electron chi connectivity index (χ1n) is 10.4. The summed E-state index contributed by atoms with van der Waals surface area (Å²) in [6, 6.07) is 17.2. The van der Waals surface area contributed by atoms with Crippen molar-refractivity contribution < 1.29 is 4.74 Å². The van der Waals surface area contributed by atoms with Gasteiger partial charge < -0.3 is 9.72 Å². The first kappa shape index (κ1) is 19.5. The number of hydrogen-bond acceptors (Lipinski definition) is 7. The fourth-order valence-corrected chi connectivity index (χ4v) is 3.96. The SMILES string of the molecule is O=c1[nH]c(CN(Cc2nnnn2-c2ccccc2)C[C@H]2CCCO2)nc2ccccc12. The highest BCUT2D eigenvalue weighted by Crippen LogP contribution is 2.17. The lowest BCUT2D eigenvalue weighted by Crippen LogP contribution is -2.33. The molecule has 2 aromatic heterocycles. The zero-order chi connectivity index (χ0) is 21.0. The molecule has 3 heterocycles. The van der Waals surface area contributed by atoms with E-state index in [1.807, 2.05) is 48.5 Å². The molecule has 0 saturated carbocycles. The number of aromatic amines is 1. The number of hydrogen-bond donors (Lipinski definition) is 1. The van der Waals surface area contributed by atoms with Crippen LogP contribution in [0.15, 0.2) is 59.4 Å². The van der Waals surface area contributed by atoms with Crippen LogP contribution in [0.3, 0.4) is 0 Å². The molecule has 0 bridgehead atoms. The van der Waals surface area contributed by atoms with E-state index in [0.717, 1.165) is 25.1 Å². The Morgan fingerprint density at radius 3 is 2.77 bits per heavy atom. The number of aromatic nitrogens is 6. The van der Waals surface area contributed by atoms with Crippen LogP contribution >= 0.6 is 0 Å². The average molecular weight is 417 g/mol. The van der Waals surface area contributed by atoms with Crippen LogP contribution < -0.4 is 5.56 Å². The summed E-state index contributed by atoms with van der Waals surface area (Å²) in [6.07, 6.45) is 2.22. The van der Waals surface area contributed by atoms with Crippen molar-refractivity contribution in [2.75, 3.05) is 13.2 Å². The van der Waals surface area contributed by atoms with Crippen molar-refractivity contribution in [1.29, 1.82) is 0 Å². The summed E-state index contributed by atoms with van der Waals surface area (Å²) < 4.78 is 7.59. The van der Waals surface area contributed by atoms with Gasteiger partial charge >= 0.3 is 0 Å². The maximum Gasteiger partial charge on any atom is 0.258 e. The van der Waals surface area contributed by atoms with Gasteiger partial charge in [0.1, 0.15) is 5.82 Å². The van der Waals surface area contributed by atoms with Crippen molar-refractivity contribution in [3.8, 4) is 5.69 Å². The molecule has 0 amide bonds. The highest BCUT2D eigenvalue weighted by atomic mass is 16.5. The quantitative estimate of drug-likeness (QED) is 0.491. The Morgan fingerprint density at radius 1 is 1.10 bits per heavy atom. The van der Waals surface area contributed by atoms with Gasteiger partial charge in [0.2, 0.25) is 0 Å². The lowest BCUT2D eigenvalue weighted by atomic mass is 10.2. The van der Waals surface area contributed by atoms with Crippen LogP contribution in [0.4, 0.5) is 0 Å². The topological polar surface area (TPSA) is 102 Å². The van der Waals surface area contributed by atoms with Crippen LogP contribution in [0.2, 0.25) is 0 Å². The Morgan fingerprint density at radius 2 is 1.94 bits per heavy atom. The van der Waals surface area contributed by atoms with Crippen LogP contribution in [0.5, 0.6) is 0 Å². The molecule has 0 radical (unpaired) electrons. The molecule has 1 atom stereocenters. The zero-order valence-corrected chi connectivity index (χ0v) is 17.0. The second-order valence-corrected chi connectivity index (χ2v) is 7.68. The molecule has 0 aliphatic carbocycles. The van der Waals surface area contributed by atoms with Crippen molar-refractivity contribution in [1.82, 2.24) is 35.1 Å². The molecule has 5 rings (SSSR count). The Kier molecular flexibility index (Phi) is 5.51. The van der Waals surface area contributed by atoms with Crippen molar-refractivity contribution in [3.63, 3.8) is 0 Å². The van der Waals surface area contributed by atoms with E-state index in [0.29, 0.717) is 42.2 Å². The number of H-pyrrole nitrogens is 1. The molecule has 1 fully saturated rings. The van der Waals surface area contributed by atoms with E-state index in [2.05, 4.69) is 30.4 Å². The van der Waals surface area contributed by atoms with E-state index in [-0.39, 0.29) is 11.7 Å². The molecule has 1 aliphatic heterocycles. The highest BCUT2D eigenvalue weighted by molar-refractivity contribution is 5.77. The van der Waals surface area contributed by atoms with Crippen LogP contribution in [-0.4, -0.2) is 54.3 Å². The number of para-hydroxylation sites is 2. The number of nitrogens with one attached hydrogen (secondary N) is 1. The predicted octanol–water partition coefficient (Wildman–Crippen LogP) is 2.08. The van der Waals surface area contributed by atoms with E-state index in [1.54, 1.807) is 10.7 Å². The number of tetrazole rings is 1. The number of rotatable bonds is 7. The van der Waals surface area contributed by atoms with Crippen LogP contribution in [0, 0.1) is 0 Å². The molecule has 1 N–H and O–H groups in total. The van der Waals surface area contributed by atoms with Crippen LogP contribution in [-0.2, 0) is 17.8 Å². The van der Waals surface area contributed by atoms with Crippen molar-refractivity contribution in [2.45, 2.75) is 32.0 Å². The van der Waals surface area contributed by atoms with Crippen molar-refractivity contribution in [2.24, 2.45) is 0 Å². The standard InChI is InChI=1S/C22H23N7O2/c30-22-18-10-4-5-11-19(18)23-20(24-22)14-28(13-17-9-6-12-31-17)15-21-25-26-27-29(21)16-7-2-1-3-8-16/h1-5,7-8,10-11,17H,6,9,12-15H2,(H,23,24,30)/t17-/m1/s1. The van der Waals surface area contributed by atoms with E-state index in [4.69, 9.17) is 4.74 Å². The molecule has 1 saturated heterocycles. The van der Waals surface area contributed by atoms with Gasteiger partial charge in [0.25, 0.3) is 5.56 Å². The third-order valence-corrected chi connectivity index (χ3v) is 5.42. The molecule has 2 aromatic carbocycles. The van der Waals surface area contributed by atoms with Gasteiger partial charge in [-0.1, -0.05) is 30.3 Å². The summed E-state index contributed by atoms with van der Waals surface area (Å²) in [5, 5.41) is 12.9. The Balaban J connectivity index is 1.43. The molecule has 9 nitrogen and oxygen atoms in total. The second-order valence-electron chi connectivity index (χ2n) is 7.68. The molecule has 0 spiro atoms. The molecule has 0 unspecified atom stereocenters. The number of benzene rings is 2. The summed E-state index contributed by atoms with van der Waals surface area (Å²) in [5.74, 6) is 1.33. The van der Waals surface area contributed by atoms with Gasteiger partial charge in [0, 0.05) is 13.2 Å². The van der Waals surface area contributed by atoms with Gasteiger partial charge in [0.15, 0.2) is 5.82 Å². The van der Waals surface area contributed by atoms with Gasteiger partial charge in [-0.25, -0.2) is 4.98 Å². The lowest BCUT2D eigenvalue weighted by Gasteiger charge is -2.24. The minimum Gasteiger partial charge on any atom is -0.377 e. The van der Waals surface area contributed by atoms with Crippen LogP contribution in [0.25, 0.3) is 16.6 Å². The zero-order valence-electron chi connectivity index (χ0n) is 17.0. The van der Waals surface area contributed by atoms with Gasteiger partial charge in [0.05, 0.1) is 35.8 Å². The molecule has 1 aliphatic rings. The normalized spacial score (nSPS) is 16.4. The van der Waals surface area contributed by atoms with E-state index in [1.165, 1.54) is 0 Å². The minimum atomic E-state index is -0.133. The fraction of sp³-hybridized carbons (Fsp3) is 0.318. The Labute approximate surface area is 178 Å². The van der Waals surface area contributed by atoms with Gasteiger partial charge in [-0.05, 0) is 47.5 Å². The van der Waals surface area contributed by atoms with E-state index < -0.39 is 0 Å². The number of fused-ring (bicyclic) bond motifs is 1. The van der Waals surface area contributed by atoms with E-state index in [9.17, 15) is 4.79 Å². The van der Waals surface area contributed by atoms with Crippen molar-refractivity contribution in [3.05, 3.63) is 76.6 Å². The maximum absolute atomic E-state index is 12.5. The monoisotopic (exact) mass is 417 g/mol. The Hall–Kier alpha value is -3.43. The largest absolute Gasteiger partial charge is 0.377 e.